The number of hydrogen-bond acceptors (Lipinski definition) is 3. The number of nitrogens with zero attached hydrogens (tertiary/aromatic N) is 2. The van der Waals surface area contributed by atoms with E-state index in [1.807, 2.05) is 20.9 Å². The number of rotatable bonds is 6. The second-order valence-electron chi connectivity index (χ2n) is 5.15. The van der Waals surface area contributed by atoms with Crippen molar-refractivity contribution in [3.05, 3.63) is 46.8 Å². The van der Waals surface area contributed by atoms with Crippen LogP contribution in [0.1, 0.15) is 27.3 Å². The molecule has 0 unspecified atom stereocenters. The summed E-state index contributed by atoms with van der Waals surface area (Å²) in [6, 6.07) is 5.93. The molecular formula is C16H19F2N3O2. The van der Waals surface area contributed by atoms with Gasteiger partial charge in [-0.25, -0.2) is 0 Å². The first-order valence-electron chi connectivity index (χ1n) is 7.21. The molecule has 1 amide bonds. The summed E-state index contributed by atoms with van der Waals surface area (Å²) in [6.45, 7) is 1.29. The SMILES string of the molecule is Cc1nn(C)c(C)c1CCNC(=O)c1ccccc1OC(F)F. The molecule has 0 spiro atoms. The lowest BCUT2D eigenvalue weighted by molar-refractivity contribution is -0.0501. The van der Waals surface area contributed by atoms with Gasteiger partial charge in [0.1, 0.15) is 5.75 Å². The summed E-state index contributed by atoms with van der Waals surface area (Å²) in [7, 11) is 1.86. The van der Waals surface area contributed by atoms with E-state index in [0.717, 1.165) is 17.0 Å². The van der Waals surface area contributed by atoms with Crippen molar-refractivity contribution in [1.29, 1.82) is 0 Å². The number of carbonyl (C=O) groups is 1. The van der Waals surface area contributed by atoms with E-state index < -0.39 is 12.5 Å². The molecule has 23 heavy (non-hydrogen) atoms. The highest BCUT2D eigenvalue weighted by Gasteiger charge is 2.15. The minimum absolute atomic E-state index is 0.0902. The van der Waals surface area contributed by atoms with Gasteiger partial charge in [0, 0.05) is 19.3 Å². The molecule has 0 fully saturated rings. The smallest absolute Gasteiger partial charge is 0.387 e. The minimum Gasteiger partial charge on any atom is -0.434 e. The molecule has 1 heterocycles. The topological polar surface area (TPSA) is 56.2 Å². The summed E-state index contributed by atoms with van der Waals surface area (Å²) in [5.74, 6) is -0.575. The van der Waals surface area contributed by atoms with E-state index in [1.54, 1.807) is 10.7 Å². The summed E-state index contributed by atoms with van der Waals surface area (Å²) in [4.78, 5) is 12.2. The first kappa shape index (κ1) is 16.9. The minimum atomic E-state index is -2.97. The third-order valence-corrected chi connectivity index (χ3v) is 3.67. The van der Waals surface area contributed by atoms with Crippen LogP contribution in [0.4, 0.5) is 8.78 Å². The van der Waals surface area contributed by atoms with Crippen LogP contribution < -0.4 is 10.1 Å². The quantitative estimate of drug-likeness (QED) is 0.889. The Morgan fingerprint density at radius 1 is 1.35 bits per heavy atom. The summed E-state index contributed by atoms with van der Waals surface area (Å²) >= 11 is 0. The number of amides is 1. The van der Waals surface area contributed by atoms with Gasteiger partial charge in [0.05, 0.1) is 11.3 Å². The zero-order chi connectivity index (χ0) is 17.0. The molecule has 1 aromatic carbocycles. The van der Waals surface area contributed by atoms with Gasteiger partial charge in [-0.2, -0.15) is 13.9 Å². The van der Waals surface area contributed by atoms with Crippen molar-refractivity contribution in [2.45, 2.75) is 26.9 Å². The van der Waals surface area contributed by atoms with Gasteiger partial charge in [-0.1, -0.05) is 12.1 Å². The average molecular weight is 323 g/mol. The highest BCUT2D eigenvalue weighted by molar-refractivity contribution is 5.96. The van der Waals surface area contributed by atoms with Crippen LogP contribution in [0.3, 0.4) is 0 Å². The molecule has 0 saturated heterocycles. The van der Waals surface area contributed by atoms with E-state index in [4.69, 9.17) is 0 Å². The normalized spacial score (nSPS) is 10.9. The lowest BCUT2D eigenvalue weighted by atomic mass is 10.1. The van der Waals surface area contributed by atoms with Gasteiger partial charge in [0.25, 0.3) is 5.91 Å². The number of alkyl halides is 2. The monoisotopic (exact) mass is 323 g/mol. The highest BCUT2D eigenvalue weighted by atomic mass is 19.3. The summed E-state index contributed by atoms with van der Waals surface area (Å²) in [5, 5.41) is 7.04. The van der Waals surface area contributed by atoms with E-state index in [2.05, 4.69) is 15.2 Å². The Kier molecular flexibility index (Phi) is 5.31. The fourth-order valence-corrected chi connectivity index (χ4v) is 2.43. The molecule has 7 heteroatoms. The van der Waals surface area contributed by atoms with Gasteiger partial charge in [-0.05, 0) is 38.0 Å². The van der Waals surface area contributed by atoms with E-state index in [0.29, 0.717) is 13.0 Å². The van der Waals surface area contributed by atoms with Gasteiger partial charge in [-0.3, -0.25) is 9.48 Å². The fourth-order valence-electron chi connectivity index (χ4n) is 2.43. The Balaban J connectivity index is 2.00. The molecule has 0 aliphatic carbocycles. The molecule has 1 aromatic heterocycles. The Labute approximate surface area is 133 Å². The Hall–Kier alpha value is -2.44. The standard InChI is InChI=1S/C16H19F2N3O2/c1-10-12(11(2)21(3)20-10)8-9-19-15(22)13-6-4-5-7-14(13)23-16(17)18/h4-7,16H,8-9H2,1-3H3,(H,19,22). The zero-order valence-corrected chi connectivity index (χ0v) is 13.3. The second-order valence-corrected chi connectivity index (χ2v) is 5.15. The molecule has 1 N–H and O–H groups in total. The first-order valence-corrected chi connectivity index (χ1v) is 7.21. The Morgan fingerprint density at radius 2 is 2.04 bits per heavy atom. The van der Waals surface area contributed by atoms with Crippen LogP contribution in [0.2, 0.25) is 0 Å². The number of aryl methyl sites for hydroxylation is 2. The molecule has 124 valence electrons. The summed E-state index contributed by atoms with van der Waals surface area (Å²) < 4.78 is 30.9. The van der Waals surface area contributed by atoms with Crippen molar-refractivity contribution >= 4 is 5.91 Å². The van der Waals surface area contributed by atoms with Crippen LogP contribution in [-0.4, -0.2) is 28.8 Å². The maximum atomic E-state index is 12.4. The zero-order valence-electron chi connectivity index (χ0n) is 13.3. The number of benzene rings is 1. The maximum Gasteiger partial charge on any atom is 0.387 e. The number of nitrogens with one attached hydrogen (secondary N) is 1. The van der Waals surface area contributed by atoms with Crippen LogP contribution in [0.15, 0.2) is 24.3 Å². The van der Waals surface area contributed by atoms with E-state index in [9.17, 15) is 13.6 Å². The third-order valence-electron chi connectivity index (χ3n) is 3.67. The largest absolute Gasteiger partial charge is 0.434 e. The van der Waals surface area contributed by atoms with Crippen LogP contribution in [0, 0.1) is 13.8 Å². The van der Waals surface area contributed by atoms with Crippen molar-refractivity contribution in [3.63, 3.8) is 0 Å². The average Bonchev–Trinajstić information content (AvgIpc) is 2.73. The second kappa shape index (κ2) is 7.21. The van der Waals surface area contributed by atoms with Crippen LogP contribution in [0.5, 0.6) is 5.75 Å². The predicted octanol–water partition coefficient (Wildman–Crippen LogP) is 2.61. The predicted molar refractivity (Wildman–Crippen MR) is 81.8 cm³/mol. The third kappa shape index (κ3) is 4.06. The number of aromatic nitrogens is 2. The van der Waals surface area contributed by atoms with Crippen LogP contribution >= 0.6 is 0 Å². The molecule has 0 saturated carbocycles. The maximum absolute atomic E-state index is 12.4. The molecule has 0 bridgehead atoms. The van der Waals surface area contributed by atoms with E-state index in [1.165, 1.54) is 18.2 Å². The molecule has 2 rings (SSSR count). The van der Waals surface area contributed by atoms with Gasteiger partial charge >= 0.3 is 6.61 Å². The molecular weight excluding hydrogens is 304 g/mol. The van der Waals surface area contributed by atoms with Crippen molar-refractivity contribution in [3.8, 4) is 5.75 Å². The van der Waals surface area contributed by atoms with Crippen molar-refractivity contribution in [2.75, 3.05) is 6.54 Å². The molecule has 2 aromatic rings. The fraction of sp³-hybridized carbons (Fsp3) is 0.375. The molecule has 0 atom stereocenters. The number of para-hydroxylation sites is 1. The van der Waals surface area contributed by atoms with E-state index >= 15 is 0 Å². The van der Waals surface area contributed by atoms with Crippen molar-refractivity contribution in [1.82, 2.24) is 15.1 Å². The molecule has 5 nitrogen and oxygen atoms in total. The summed E-state index contributed by atoms with van der Waals surface area (Å²) in [5.41, 5.74) is 3.12. The lowest BCUT2D eigenvalue weighted by Gasteiger charge is -2.11. The highest BCUT2D eigenvalue weighted by Crippen LogP contribution is 2.20. The van der Waals surface area contributed by atoms with Gasteiger partial charge in [0.2, 0.25) is 0 Å². The summed E-state index contributed by atoms with van der Waals surface area (Å²) in [6.07, 6.45) is 0.620. The Morgan fingerprint density at radius 3 is 2.65 bits per heavy atom. The van der Waals surface area contributed by atoms with Gasteiger partial charge in [-0.15, -0.1) is 0 Å². The Bertz CT molecular complexity index is 699. The number of ether oxygens (including phenoxy) is 1. The van der Waals surface area contributed by atoms with Crippen LogP contribution in [0.25, 0.3) is 0 Å². The number of halogens is 2. The van der Waals surface area contributed by atoms with Gasteiger partial charge < -0.3 is 10.1 Å². The molecule has 0 radical (unpaired) electrons. The first-order chi connectivity index (χ1) is 10.9. The molecule has 0 aliphatic heterocycles. The lowest BCUT2D eigenvalue weighted by Crippen LogP contribution is -2.26. The van der Waals surface area contributed by atoms with E-state index in [-0.39, 0.29) is 11.3 Å². The van der Waals surface area contributed by atoms with Crippen LogP contribution in [-0.2, 0) is 13.5 Å². The van der Waals surface area contributed by atoms with Crippen molar-refractivity contribution < 1.29 is 18.3 Å². The van der Waals surface area contributed by atoms with Gasteiger partial charge in [0.15, 0.2) is 0 Å². The van der Waals surface area contributed by atoms with Crippen molar-refractivity contribution in [2.24, 2.45) is 7.05 Å². The molecule has 0 aliphatic rings. The number of carbonyl (C=O) groups excluding carboxylic acids is 1. The number of hydrogen-bond donors (Lipinski definition) is 1.